The summed E-state index contributed by atoms with van der Waals surface area (Å²) in [7, 11) is 0. The van der Waals surface area contributed by atoms with Gasteiger partial charge in [-0.15, -0.1) is 4.33 Å². The molecule has 0 rings (SSSR count). The molecule has 0 heterocycles. The van der Waals surface area contributed by atoms with Crippen molar-refractivity contribution in [3.05, 3.63) is 0 Å². The highest BCUT2D eigenvalue weighted by molar-refractivity contribution is 7.95. The molecule has 8 heteroatoms. The van der Waals surface area contributed by atoms with Gasteiger partial charge in [0.25, 0.3) is 0 Å². The lowest BCUT2D eigenvalue weighted by Gasteiger charge is -2.40. The molecule has 1 N–H and O–H groups in total. The zero-order valence-corrected chi connectivity index (χ0v) is 15.3. The minimum absolute atomic E-state index is 0.000108. The molecule has 0 saturated heterocycles. The van der Waals surface area contributed by atoms with Crippen molar-refractivity contribution in [3.8, 4) is 0 Å². The summed E-state index contributed by atoms with van der Waals surface area (Å²) < 4.78 is 38.7. The molecule has 0 aromatic heterocycles. The summed E-state index contributed by atoms with van der Waals surface area (Å²) in [5, 5.41) is 7.90. The van der Waals surface area contributed by atoms with Crippen molar-refractivity contribution < 1.29 is 32.9 Å². The number of esters is 1. The normalized spacial score (nSPS) is 13.2. The number of rotatable bonds is 11. The maximum absolute atomic E-state index is 14.7. The van der Waals surface area contributed by atoms with Crippen LogP contribution in [0.2, 0.25) is 0 Å². The summed E-state index contributed by atoms with van der Waals surface area (Å²) in [6, 6.07) is 0. The first-order chi connectivity index (χ1) is 10.6. The predicted molar refractivity (Wildman–Crippen MR) is 84.7 cm³/mol. The van der Waals surface area contributed by atoms with Crippen LogP contribution < -0.4 is 0 Å². The van der Waals surface area contributed by atoms with Crippen molar-refractivity contribution in [1.29, 1.82) is 0 Å². The molecule has 0 atom stereocenters. The van der Waals surface area contributed by atoms with Gasteiger partial charge in [-0.1, -0.05) is 31.7 Å². The zero-order valence-electron chi connectivity index (χ0n) is 14.5. The first kappa shape index (κ1) is 22.6. The van der Waals surface area contributed by atoms with Crippen molar-refractivity contribution in [2.24, 2.45) is 5.41 Å². The summed E-state index contributed by atoms with van der Waals surface area (Å²) in [5.41, 5.74) is -2.91. The van der Waals surface area contributed by atoms with Gasteiger partial charge in [-0.3, -0.25) is 4.79 Å². The van der Waals surface area contributed by atoms with E-state index in [4.69, 9.17) is 9.99 Å². The highest BCUT2D eigenvalue weighted by atomic mass is 32.2. The van der Waals surface area contributed by atoms with Gasteiger partial charge >= 0.3 is 11.2 Å². The van der Waals surface area contributed by atoms with E-state index in [2.05, 4.69) is 9.37 Å². The Kier molecular flexibility index (Phi) is 9.57. The molecular weight excluding hydrogens is 330 g/mol. The van der Waals surface area contributed by atoms with E-state index in [-0.39, 0.29) is 24.9 Å². The zero-order chi connectivity index (χ0) is 18.1. The molecule has 23 heavy (non-hydrogen) atoms. The van der Waals surface area contributed by atoms with Crippen LogP contribution in [0.25, 0.3) is 0 Å². The molecule has 0 saturated carbocycles. The maximum atomic E-state index is 14.7. The van der Waals surface area contributed by atoms with E-state index < -0.39 is 22.2 Å². The van der Waals surface area contributed by atoms with Crippen LogP contribution in [0.5, 0.6) is 0 Å². The standard InChI is InChI=1S/C15H28F2O5S/c1-6-8-10-14(11-9-7-2,15(16,17)23-22-21-19)20-12(18)13(3,4)5/h19H,6-11H2,1-5H3. The number of hydrogen-bond donors (Lipinski definition) is 1. The molecule has 0 spiro atoms. The average Bonchev–Trinajstić information content (AvgIpc) is 2.46. The quantitative estimate of drug-likeness (QED) is 0.232. The smallest absolute Gasteiger partial charge is 0.359 e. The van der Waals surface area contributed by atoms with Gasteiger partial charge in [0.15, 0.2) is 5.60 Å². The molecule has 0 aliphatic heterocycles. The Balaban J connectivity index is 5.59. The first-order valence-electron chi connectivity index (χ1n) is 7.83. The van der Waals surface area contributed by atoms with Crippen LogP contribution in [0.1, 0.15) is 73.1 Å². The highest BCUT2D eigenvalue weighted by Crippen LogP contribution is 2.48. The molecular formula is C15H28F2O5S. The fourth-order valence-electron chi connectivity index (χ4n) is 1.97. The van der Waals surface area contributed by atoms with Gasteiger partial charge in [0, 0.05) is 0 Å². The molecule has 0 radical (unpaired) electrons. The number of alkyl halides is 2. The lowest BCUT2D eigenvalue weighted by Crippen LogP contribution is -2.51. The van der Waals surface area contributed by atoms with Gasteiger partial charge in [0.05, 0.1) is 5.41 Å². The Morgan fingerprint density at radius 1 is 1.09 bits per heavy atom. The van der Waals surface area contributed by atoms with Crippen LogP contribution in [0.15, 0.2) is 0 Å². The fraction of sp³-hybridized carbons (Fsp3) is 0.933. The SMILES string of the molecule is CCCCC(CCCC)(OC(=O)C(C)(C)C)C(F)(F)SOOO. The molecule has 0 fully saturated rings. The summed E-state index contributed by atoms with van der Waals surface area (Å²) in [6.07, 6.45) is 2.30. The molecule has 0 aromatic rings. The van der Waals surface area contributed by atoms with Gasteiger partial charge in [0.2, 0.25) is 0 Å². The Morgan fingerprint density at radius 3 is 1.91 bits per heavy atom. The number of hydrogen-bond acceptors (Lipinski definition) is 6. The summed E-state index contributed by atoms with van der Waals surface area (Å²) >= 11 is -0.344. The third-order valence-corrected chi connectivity index (χ3v) is 4.18. The minimum Gasteiger partial charge on any atom is -0.451 e. The Bertz CT molecular complexity index is 350. The van der Waals surface area contributed by atoms with Crippen LogP contribution in [0.4, 0.5) is 8.78 Å². The Hall–Kier alpha value is -0.440. The van der Waals surface area contributed by atoms with E-state index in [0.717, 1.165) is 0 Å². The molecule has 5 nitrogen and oxygen atoms in total. The van der Waals surface area contributed by atoms with Gasteiger partial charge in [-0.25, -0.2) is 5.26 Å². The van der Waals surface area contributed by atoms with Crippen molar-refractivity contribution >= 4 is 18.0 Å². The number of carbonyl (C=O) groups excluding carboxylic acids is 1. The molecule has 0 unspecified atom stereocenters. The van der Waals surface area contributed by atoms with Crippen molar-refractivity contribution in [2.75, 3.05) is 0 Å². The van der Waals surface area contributed by atoms with Crippen LogP contribution in [-0.2, 0) is 18.9 Å². The monoisotopic (exact) mass is 358 g/mol. The second-order valence-electron chi connectivity index (χ2n) is 6.58. The van der Waals surface area contributed by atoms with Crippen molar-refractivity contribution in [2.45, 2.75) is 84.0 Å². The van der Waals surface area contributed by atoms with E-state index in [1.165, 1.54) is 0 Å². The number of halogens is 2. The number of ether oxygens (including phenoxy) is 1. The van der Waals surface area contributed by atoms with Gasteiger partial charge in [-0.05, 0) is 46.5 Å². The van der Waals surface area contributed by atoms with Crippen LogP contribution in [0, 0.1) is 5.41 Å². The van der Waals surface area contributed by atoms with Crippen LogP contribution in [0.3, 0.4) is 0 Å². The number of unbranched alkanes of at least 4 members (excludes halogenated alkanes) is 2. The Labute approximate surface area is 141 Å². The van der Waals surface area contributed by atoms with E-state index in [1.54, 1.807) is 20.8 Å². The third kappa shape index (κ3) is 6.91. The van der Waals surface area contributed by atoms with Gasteiger partial charge in [-0.2, -0.15) is 8.78 Å². The van der Waals surface area contributed by atoms with Crippen molar-refractivity contribution in [1.82, 2.24) is 0 Å². The van der Waals surface area contributed by atoms with E-state index in [9.17, 15) is 13.6 Å². The molecule has 138 valence electrons. The summed E-state index contributed by atoms with van der Waals surface area (Å²) in [6.45, 7) is 8.57. The molecule has 0 aromatic carbocycles. The van der Waals surface area contributed by atoms with Gasteiger partial charge < -0.3 is 4.74 Å². The topological polar surface area (TPSA) is 65.0 Å². The van der Waals surface area contributed by atoms with Crippen LogP contribution >= 0.6 is 12.0 Å². The summed E-state index contributed by atoms with van der Waals surface area (Å²) in [4.78, 5) is 12.2. The van der Waals surface area contributed by atoms with Crippen molar-refractivity contribution in [3.63, 3.8) is 0 Å². The Morgan fingerprint density at radius 2 is 1.57 bits per heavy atom. The number of carbonyl (C=O) groups is 1. The average molecular weight is 358 g/mol. The highest BCUT2D eigenvalue weighted by Gasteiger charge is 2.58. The largest absolute Gasteiger partial charge is 0.451 e. The maximum Gasteiger partial charge on any atom is 0.359 e. The third-order valence-electron chi connectivity index (χ3n) is 3.47. The minimum atomic E-state index is -3.57. The summed E-state index contributed by atoms with van der Waals surface area (Å²) in [5.74, 6) is -0.699. The molecule has 0 aliphatic rings. The molecule has 0 aliphatic carbocycles. The van der Waals surface area contributed by atoms with E-state index >= 15 is 0 Å². The fourth-order valence-corrected chi connectivity index (χ4v) is 2.48. The molecule has 0 bridgehead atoms. The van der Waals surface area contributed by atoms with E-state index in [0.29, 0.717) is 25.7 Å². The second-order valence-corrected chi connectivity index (χ2v) is 7.40. The van der Waals surface area contributed by atoms with Gasteiger partial charge in [0.1, 0.15) is 12.0 Å². The predicted octanol–water partition coefficient (Wildman–Crippen LogP) is 5.36. The van der Waals surface area contributed by atoms with Crippen LogP contribution in [-0.4, -0.2) is 22.1 Å². The first-order valence-corrected chi connectivity index (χ1v) is 8.57. The molecule has 0 amide bonds. The van der Waals surface area contributed by atoms with E-state index in [1.807, 2.05) is 13.8 Å². The second kappa shape index (κ2) is 9.76. The lowest BCUT2D eigenvalue weighted by atomic mass is 9.89. The lowest BCUT2D eigenvalue weighted by molar-refractivity contribution is -0.434.